The van der Waals surface area contributed by atoms with Crippen molar-refractivity contribution in [3.8, 4) is 0 Å². The molecule has 0 bridgehead atoms. The number of carbonyl (C=O) groups is 1. The van der Waals surface area contributed by atoms with Crippen LogP contribution in [0.3, 0.4) is 0 Å². The van der Waals surface area contributed by atoms with Gasteiger partial charge >= 0.3 is 0 Å². The van der Waals surface area contributed by atoms with Crippen LogP contribution in [-0.2, 0) is 4.79 Å². The van der Waals surface area contributed by atoms with Crippen LogP contribution < -0.4 is 10.6 Å². The van der Waals surface area contributed by atoms with Gasteiger partial charge in [-0.05, 0) is 26.0 Å². The van der Waals surface area contributed by atoms with Crippen molar-refractivity contribution >= 4 is 11.6 Å². The van der Waals surface area contributed by atoms with Crippen LogP contribution in [0.5, 0.6) is 0 Å². The smallest absolute Gasteiger partial charge is 0.238 e. The number of hydrogen-bond acceptors (Lipinski definition) is 3. The lowest BCUT2D eigenvalue weighted by Crippen LogP contribution is -2.38. The molecule has 1 amide bonds. The molecule has 0 fully saturated rings. The van der Waals surface area contributed by atoms with Crippen LogP contribution in [0, 0.1) is 11.6 Å². The SMILES string of the molecule is CC(C)(O)CNCC(=O)Nc1c(F)cccc1F. The third-order valence-corrected chi connectivity index (χ3v) is 2.07. The molecule has 0 spiro atoms. The van der Waals surface area contributed by atoms with E-state index in [0.717, 1.165) is 12.1 Å². The molecule has 1 aromatic carbocycles. The van der Waals surface area contributed by atoms with Gasteiger partial charge in [0.15, 0.2) is 0 Å². The van der Waals surface area contributed by atoms with Gasteiger partial charge in [0.05, 0.1) is 12.1 Å². The molecular weight excluding hydrogens is 242 g/mol. The second-order valence-corrected chi connectivity index (χ2v) is 4.56. The molecule has 1 rings (SSSR count). The Hall–Kier alpha value is -1.53. The first kappa shape index (κ1) is 14.5. The van der Waals surface area contributed by atoms with Gasteiger partial charge in [-0.1, -0.05) is 6.07 Å². The van der Waals surface area contributed by atoms with E-state index in [1.165, 1.54) is 6.07 Å². The molecule has 3 N–H and O–H groups in total. The van der Waals surface area contributed by atoms with Crippen molar-refractivity contribution in [2.45, 2.75) is 19.4 Å². The lowest BCUT2D eigenvalue weighted by atomic mass is 10.1. The summed E-state index contributed by atoms with van der Waals surface area (Å²) < 4.78 is 26.4. The molecule has 18 heavy (non-hydrogen) atoms. The minimum absolute atomic E-state index is 0.141. The molecule has 0 radical (unpaired) electrons. The zero-order valence-corrected chi connectivity index (χ0v) is 10.3. The van der Waals surface area contributed by atoms with E-state index >= 15 is 0 Å². The Balaban J connectivity index is 2.50. The summed E-state index contributed by atoms with van der Waals surface area (Å²) in [5.41, 5.74) is -1.42. The summed E-state index contributed by atoms with van der Waals surface area (Å²) in [5.74, 6) is -2.24. The van der Waals surface area contributed by atoms with Gasteiger partial charge in [0.25, 0.3) is 0 Å². The van der Waals surface area contributed by atoms with Crippen molar-refractivity contribution < 1.29 is 18.7 Å². The summed E-state index contributed by atoms with van der Waals surface area (Å²) in [5, 5.41) is 14.2. The van der Waals surface area contributed by atoms with Crippen LogP contribution in [-0.4, -0.2) is 29.7 Å². The van der Waals surface area contributed by atoms with Crippen molar-refractivity contribution in [2.24, 2.45) is 0 Å². The van der Waals surface area contributed by atoms with Gasteiger partial charge < -0.3 is 15.7 Å². The van der Waals surface area contributed by atoms with Crippen molar-refractivity contribution in [1.82, 2.24) is 5.32 Å². The second-order valence-electron chi connectivity index (χ2n) is 4.56. The summed E-state index contributed by atoms with van der Waals surface area (Å²) in [6.45, 7) is 3.21. The maximum atomic E-state index is 13.2. The largest absolute Gasteiger partial charge is 0.389 e. The number of nitrogens with one attached hydrogen (secondary N) is 2. The minimum atomic E-state index is -0.955. The van der Waals surface area contributed by atoms with Crippen molar-refractivity contribution in [1.29, 1.82) is 0 Å². The number of para-hydroxylation sites is 1. The average Bonchev–Trinajstić information content (AvgIpc) is 2.22. The topological polar surface area (TPSA) is 61.4 Å². The number of anilines is 1. The molecule has 0 unspecified atom stereocenters. The number of carbonyl (C=O) groups excluding carboxylic acids is 1. The monoisotopic (exact) mass is 258 g/mol. The molecule has 100 valence electrons. The number of aliphatic hydroxyl groups is 1. The molecule has 0 atom stereocenters. The molecule has 6 heteroatoms. The van der Waals surface area contributed by atoms with E-state index in [4.69, 9.17) is 0 Å². The minimum Gasteiger partial charge on any atom is -0.389 e. The Morgan fingerprint density at radius 3 is 2.39 bits per heavy atom. The Labute approximate surface area is 104 Å². The van der Waals surface area contributed by atoms with Gasteiger partial charge in [0.1, 0.15) is 17.3 Å². The van der Waals surface area contributed by atoms with Crippen LogP contribution in [0.25, 0.3) is 0 Å². The fourth-order valence-corrected chi connectivity index (χ4v) is 1.28. The third-order valence-electron chi connectivity index (χ3n) is 2.07. The van der Waals surface area contributed by atoms with Crippen molar-refractivity contribution in [2.75, 3.05) is 18.4 Å². The third kappa shape index (κ3) is 4.77. The number of rotatable bonds is 5. The fraction of sp³-hybridized carbons (Fsp3) is 0.417. The summed E-state index contributed by atoms with van der Waals surface area (Å²) in [6, 6.07) is 3.33. The normalized spacial score (nSPS) is 11.4. The van der Waals surface area contributed by atoms with Crippen LogP contribution in [0.4, 0.5) is 14.5 Å². The Bertz CT molecular complexity index is 410. The number of hydrogen-bond donors (Lipinski definition) is 3. The van der Waals surface area contributed by atoms with Crippen LogP contribution >= 0.6 is 0 Å². The molecule has 0 aliphatic heterocycles. The highest BCUT2D eigenvalue weighted by Crippen LogP contribution is 2.17. The average molecular weight is 258 g/mol. The first-order valence-electron chi connectivity index (χ1n) is 5.46. The predicted octanol–water partition coefficient (Wildman–Crippen LogP) is 1.26. The first-order chi connectivity index (χ1) is 8.29. The van der Waals surface area contributed by atoms with E-state index in [2.05, 4.69) is 10.6 Å². The van der Waals surface area contributed by atoms with E-state index in [-0.39, 0.29) is 13.1 Å². The highest BCUT2D eigenvalue weighted by Gasteiger charge is 2.14. The van der Waals surface area contributed by atoms with Gasteiger partial charge in [-0.3, -0.25) is 4.79 Å². The van der Waals surface area contributed by atoms with Gasteiger partial charge in [-0.25, -0.2) is 8.78 Å². The highest BCUT2D eigenvalue weighted by atomic mass is 19.1. The molecule has 0 heterocycles. The molecule has 0 aliphatic carbocycles. The fourth-order valence-electron chi connectivity index (χ4n) is 1.28. The van der Waals surface area contributed by atoms with Crippen LogP contribution in [0.2, 0.25) is 0 Å². The molecule has 1 aromatic rings. The molecule has 0 saturated carbocycles. The lowest BCUT2D eigenvalue weighted by molar-refractivity contribution is -0.115. The molecule has 0 aliphatic rings. The van der Waals surface area contributed by atoms with Crippen molar-refractivity contribution in [3.05, 3.63) is 29.8 Å². The van der Waals surface area contributed by atoms with E-state index in [0.29, 0.717) is 0 Å². The summed E-state index contributed by atoms with van der Waals surface area (Å²) >= 11 is 0. The molecular formula is C12H16F2N2O2. The second kappa shape index (κ2) is 5.88. The van der Waals surface area contributed by atoms with E-state index in [1.54, 1.807) is 13.8 Å². The van der Waals surface area contributed by atoms with Crippen molar-refractivity contribution in [3.63, 3.8) is 0 Å². The van der Waals surface area contributed by atoms with Gasteiger partial charge in [-0.2, -0.15) is 0 Å². The summed E-state index contributed by atoms with van der Waals surface area (Å²) in [6.07, 6.45) is 0. The Morgan fingerprint density at radius 1 is 1.33 bits per heavy atom. The highest BCUT2D eigenvalue weighted by molar-refractivity contribution is 5.92. The van der Waals surface area contributed by atoms with Gasteiger partial charge in [0.2, 0.25) is 5.91 Å². The molecule has 0 saturated heterocycles. The Kier molecular flexibility index (Phi) is 4.75. The molecule has 4 nitrogen and oxygen atoms in total. The van der Waals surface area contributed by atoms with E-state index in [9.17, 15) is 18.7 Å². The quantitative estimate of drug-likeness (QED) is 0.745. The standard InChI is InChI=1S/C12H16F2N2O2/c1-12(2,18)7-15-6-10(17)16-11-8(13)4-3-5-9(11)14/h3-5,15,18H,6-7H2,1-2H3,(H,16,17). The van der Waals surface area contributed by atoms with Gasteiger partial charge in [0, 0.05) is 6.54 Å². The zero-order valence-electron chi connectivity index (χ0n) is 10.3. The number of amides is 1. The number of halogens is 2. The summed E-state index contributed by atoms with van der Waals surface area (Å²) in [4.78, 5) is 11.4. The summed E-state index contributed by atoms with van der Waals surface area (Å²) in [7, 11) is 0. The van der Waals surface area contributed by atoms with Gasteiger partial charge in [-0.15, -0.1) is 0 Å². The van der Waals surface area contributed by atoms with E-state index in [1.807, 2.05) is 0 Å². The van der Waals surface area contributed by atoms with Crippen LogP contribution in [0.15, 0.2) is 18.2 Å². The number of benzene rings is 1. The predicted molar refractivity (Wildman–Crippen MR) is 64.2 cm³/mol. The van der Waals surface area contributed by atoms with E-state index < -0.39 is 28.8 Å². The maximum Gasteiger partial charge on any atom is 0.238 e. The first-order valence-corrected chi connectivity index (χ1v) is 5.46. The van der Waals surface area contributed by atoms with Crippen LogP contribution in [0.1, 0.15) is 13.8 Å². The molecule has 0 aromatic heterocycles. The Morgan fingerprint density at radius 2 is 1.89 bits per heavy atom. The zero-order chi connectivity index (χ0) is 13.8. The maximum absolute atomic E-state index is 13.2. The lowest BCUT2D eigenvalue weighted by Gasteiger charge is -2.17.